The van der Waals surface area contributed by atoms with E-state index in [1.807, 2.05) is 0 Å². The minimum absolute atomic E-state index is 0.0179. The number of amides is 2. The van der Waals surface area contributed by atoms with Crippen LogP contribution in [0.15, 0.2) is 10.5 Å². The van der Waals surface area contributed by atoms with Crippen LogP contribution in [-0.2, 0) is 33.6 Å². The van der Waals surface area contributed by atoms with Gasteiger partial charge >= 0.3 is 11.9 Å². The van der Waals surface area contributed by atoms with E-state index in [4.69, 9.17) is 25.3 Å². The third-order valence-electron chi connectivity index (χ3n) is 4.62. The molecule has 168 valence electrons. The van der Waals surface area contributed by atoms with E-state index in [0.29, 0.717) is 0 Å². The zero-order chi connectivity index (χ0) is 23.0. The number of nitrogens with two attached hydrogens (primary N) is 1. The minimum Gasteiger partial charge on any atom is -0.479 e. The topological polar surface area (TPSA) is 203 Å². The number of hydroxylamine groups is 2. The lowest BCUT2D eigenvalue weighted by Gasteiger charge is -2.51. The van der Waals surface area contributed by atoms with Crippen LogP contribution >= 0.6 is 11.3 Å². The molecule has 0 spiro atoms. The second-order valence-corrected chi connectivity index (χ2v) is 8.14. The SMILES string of the molecule is CC1(C)C(NC(=O)C(=NOC2(C(=O)O)COC2)c2csc(N)n2)C(=O)N1OCC(=O)O. The molecule has 0 aliphatic carbocycles. The first-order valence-corrected chi connectivity index (χ1v) is 9.64. The molecule has 3 rings (SSSR count). The first kappa shape index (κ1) is 22.4. The molecule has 0 radical (unpaired) electrons. The highest BCUT2D eigenvalue weighted by Gasteiger charge is 2.57. The quantitative estimate of drug-likeness (QED) is 0.189. The van der Waals surface area contributed by atoms with Gasteiger partial charge in [0.2, 0.25) is 0 Å². The number of oxime groups is 1. The Kier molecular flexibility index (Phi) is 5.84. The molecule has 15 heteroatoms. The number of anilines is 1. The van der Waals surface area contributed by atoms with E-state index in [-0.39, 0.29) is 24.0 Å². The Morgan fingerprint density at radius 2 is 2.10 bits per heavy atom. The lowest BCUT2D eigenvalue weighted by atomic mass is 9.84. The predicted octanol–water partition coefficient (Wildman–Crippen LogP) is -1.58. The van der Waals surface area contributed by atoms with E-state index in [0.717, 1.165) is 16.4 Å². The monoisotopic (exact) mass is 457 g/mol. The van der Waals surface area contributed by atoms with E-state index in [9.17, 15) is 24.3 Å². The van der Waals surface area contributed by atoms with E-state index < -0.39 is 53.3 Å². The van der Waals surface area contributed by atoms with Crippen LogP contribution in [0.25, 0.3) is 0 Å². The Morgan fingerprint density at radius 3 is 2.55 bits per heavy atom. The number of carbonyl (C=O) groups is 4. The number of nitrogens with one attached hydrogen (secondary N) is 1. The molecule has 2 saturated heterocycles. The second-order valence-electron chi connectivity index (χ2n) is 7.25. The Morgan fingerprint density at radius 1 is 1.42 bits per heavy atom. The molecule has 3 heterocycles. The van der Waals surface area contributed by atoms with Gasteiger partial charge in [0, 0.05) is 5.38 Å². The molecule has 2 aliphatic rings. The Balaban J connectivity index is 1.78. The summed E-state index contributed by atoms with van der Waals surface area (Å²) in [6.07, 6.45) is 0. The van der Waals surface area contributed by atoms with Crippen molar-refractivity contribution in [2.45, 2.75) is 31.0 Å². The lowest BCUT2D eigenvalue weighted by molar-refractivity contribution is -0.257. The van der Waals surface area contributed by atoms with Crippen molar-refractivity contribution in [1.29, 1.82) is 0 Å². The third-order valence-corrected chi connectivity index (χ3v) is 5.29. The number of thiazole rings is 1. The fourth-order valence-corrected chi connectivity index (χ4v) is 3.33. The minimum atomic E-state index is -1.74. The number of hydrogen-bond donors (Lipinski definition) is 4. The zero-order valence-electron chi connectivity index (χ0n) is 16.4. The molecule has 1 atom stereocenters. The van der Waals surface area contributed by atoms with Crippen LogP contribution in [-0.4, -0.2) is 86.7 Å². The lowest BCUT2D eigenvalue weighted by Crippen LogP contribution is -2.76. The van der Waals surface area contributed by atoms with Crippen molar-refractivity contribution in [3.63, 3.8) is 0 Å². The van der Waals surface area contributed by atoms with Crippen molar-refractivity contribution >= 4 is 45.9 Å². The van der Waals surface area contributed by atoms with Crippen molar-refractivity contribution in [2.24, 2.45) is 5.16 Å². The number of aliphatic carboxylic acids is 2. The fourth-order valence-electron chi connectivity index (χ4n) is 2.78. The summed E-state index contributed by atoms with van der Waals surface area (Å²) in [4.78, 5) is 61.3. The van der Waals surface area contributed by atoms with Gasteiger partial charge in [0.05, 0.1) is 5.54 Å². The summed E-state index contributed by atoms with van der Waals surface area (Å²) in [5.74, 6) is -4.14. The molecule has 1 aromatic rings. The van der Waals surface area contributed by atoms with Crippen LogP contribution in [0, 0.1) is 0 Å². The summed E-state index contributed by atoms with van der Waals surface area (Å²) in [6.45, 7) is 1.86. The number of nitrogen functional groups attached to an aromatic ring is 1. The smallest absolute Gasteiger partial charge is 0.355 e. The summed E-state index contributed by atoms with van der Waals surface area (Å²) >= 11 is 1.02. The normalized spacial score (nSPS) is 21.6. The highest BCUT2D eigenvalue weighted by Crippen LogP contribution is 2.32. The number of ether oxygens (including phenoxy) is 1. The summed E-state index contributed by atoms with van der Waals surface area (Å²) < 4.78 is 4.87. The summed E-state index contributed by atoms with van der Waals surface area (Å²) in [5, 5.41) is 26.6. The van der Waals surface area contributed by atoms with E-state index in [2.05, 4.69) is 15.5 Å². The summed E-state index contributed by atoms with van der Waals surface area (Å²) in [7, 11) is 0. The van der Waals surface area contributed by atoms with Gasteiger partial charge in [-0.15, -0.1) is 11.3 Å². The average molecular weight is 457 g/mol. The molecule has 1 unspecified atom stereocenters. The number of nitrogens with zero attached hydrogens (tertiary/aromatic N) is 3. The van der Waals surface area contributed by atoms with Crippen LogP contribution in [0.3, 0.4) is 0 Å². The van der Waals surface area contributed by atoms with Gasteiger partial charge in [-0.05, 0) is 13.8 Å². The maximum absolute atomic E-state index is 12.9. The van der Waals surface area contributed by atoms with Gasteiger partial charge in [0.1, 0.15) is 24.9 Å². The van der Waals surface area contributed by atoms with Crippen molar-refractivity contribution in [1.82, 2.24) is 15.4 Å². The largest absolute Gasteiger partial charge is 0.479 e. The van der Waals surface area contributed by atoms with Crippen LogP contribution in [0.4, 0.5) is 5.13 Å². The molecule has 0 bridgehead atoms. The maximum atomic E-state index is 12.9. The van der Waals surface area contributed by atoms with Crippen molar-refractivity contribution in [3.8, 4) is 0 Å². The number of carboxylic acids is 2. The van der Waals surface area contributed by atoms with Gasteiger partial charge in [-0.3, -0.25) is 14.4 Å². The molecule has 1 aromatic heterocycles. The Bertz CT molecular complexity index is 955. The number of carboxylic acid groups (broad SMARTS) is 2. The molecule has 5 N–H and O–H groups in total. The van der Waals surface area contributed by atoms with Crippen LogP contribution < -0.4 is 11.1 Å². The van der Waals surface area contributed by atoms with Crippen molar-refractivity contribution in [3.05, 3.63) is 11.1 Å². The Hall–Kier alpha value is -3.30. The van der Waals surface area contributed by atoms with Crippen LogP contribution in [0.5, 0.6) is 0 Å². The number of β-lactam (4-membered cyclic amide) rings is 1. The van der Waals surface area contributed by atoms with E-state index in [1.54, 1.807) is 13.8 Å². The Labute approximate surface area is 178 Å². The standard InChI is InChI=1S/C16H19N5O9S/c1-15(2)10(12(25)21(15)29-3-8(22)23)19-11(24)9(7-4-31-14(17)18-7)20-30-16(13(26)27)5-28-6-16/h4,10H,3,5-6H2,1-2H3,(H2,17,18)(H,19,24)(H,22,23)(H,26,27). The molecule has 2 aliphatic heterocycles. The van der Waals surface area contributed by atoms with Gasteiger partial charge in [0.25, 0.3) is 17.4 Å². The van der Waals surface area contributed by atoms with Gasteiger partial charge in [-0.1, -0.05) is 5.16 Å². The highest BCUT2D eigenvalue weighted by atomic mass is 32.1. The van der Waals surface area contributed by atoms with Gasteiger partial charge in [-0.2, -0.15) is 0 Å². The van der Waals surface area contributed by atoms with Crippen molar-refractivity contribution in [2.75, 3.05) is 25.6 Å². The third kappa shape index (κ3) is 4.14. The van der Waals surface area contributed by atoms with Gasteiger partial charge in [0.15, 0.2) is 17.5 Å². The predicted molar refractivity (Wildman–Crippen MR) is 102 cm³/mol. The second kappa shape index (κ2) is 8.09. The molecule has 14 nitrogen and oxygen atoms in total. The number of hydrogen-bond acceptors (Lipinski definition) is 11. The number of carbonyl (C=O) groups excluding carboxylic acids is 2. The fraction of sp³-hybridized carbons (Fsp3) is 0.500. The first-order valence-electron chi connectivity index (χ1n) is 8.76. The van der Waals surface area contributed by atoms with E-state index in [1.165, 1.54) is 5.38 Å². The molecule has 0 saturated carbocycles. The van der Waals surface area contributed by atoms with E-state index >= 15 is 0 Å². The highest BCUT2D eigenvalue weighted by molar-refractivity contribution is 7.13. The summed E-state index contributed by atoms with van der Waals surface area (Å²) in [6, 6.07) is -1.07. The molecule has 2 amide bonds. The maximum Gasteiger partial charge on any atom is 0.355 e. The number of aromatic nitrogens is 1. The first-order chi connectivity index (χ1) is 14.5. The molecule has 0 aromatic carbocycles. The van der Waals surface area contributed by atoms with Crippen LogP contribution in [0.1, 0.15) is 19.5 Å². The molecule has 31 heavy (non-hydrogen) atoms. The summed E-state index contributed by atoms with van der Waals surface area (Å²) in [5.41, 5.74) is 2.42. The molecular weight excluding hydrogens is 438 g/mol. The van der Waals surface area contributed by atoms with Gasteiger partial charge in [-0.25, -0.2) is 19.6 Å². The average Bonchev–Trinajstić information content (AvgIpc) is 3.06. The zero-order valence-corrected chi connectivity index (χ0v) is 17.2. The molecular formula is C16H19N5O9S. The van der Waals surface area contributed by atoms with Crippen LogP contribution in [0.2, 0.25) is 0 Å². The molecule has 2 fully saturated rings. The van der Waals surface area contributed by atoms with Gasteiger partial charge < -0.3 is 30.8 Å². The number of rotatable bonds is 9. The van der Waals surface area contributed by atoms with Crippen molar-refractivity contribution < 1.29 is 43.8 Å².